The molecule has 0 spiro atoms. The van der Waals surface area contributed by atoms with Gasteiger partial charge in [-0.3, -0.25) is 0 Å². The van der Waals surface area contributed by atoms with Crippen molar-refractivity contribution in [1.82, 2.24) is 5.10 Å². The molecule has 13 heavy (non-hydrogen) atoms. The van der Waals surface area contributed by atoms with E-state index in [4.69, 9.17) is 0 Å². The second-order valence-corrected chi connectivity index (χ2v) is 3.68. The third-order valence-corrected chi connectivity index (χ3v) is 2.87. The standard InChI is InChI=1S/C11H14N2/c1-6-5-10-11(8(3)7(6)2)9(4)12-13-10/h5,13H,1-4H3/q+1. The Morgan fingerprint density at radius 3 is 2.46 bits per heavy atom. The summed E-state index contributed by atoms with van der Waals surface area (Å²) >= 11 is 0. The van der Waals surface area contributed by atoms with E-state index in [2.05, 4.69) is 37.4 Å². The molecule has 1 aliphatic rings. The Hall–Kier alpha value is -1.31. The van der Waals surface area contributed by atoms with Crippen LogP contribution in [0.2, 0.25) is 0 Å². The van der Waals surface area contributed by atoms with Gasteiger partial charge in [-0.15, -0.1) is 0 Å². The molecule has 0 bridgehead atoms. The van der Waals surface area contributed by atoms with E-state index >= 15 is 0 Å². The first-order valence-corrected chi connectivity index (χ1v) is 4.52. The zero-order valence-corrected chi connectivity index (χ0v) is 8.52. The van der Waals surface area contributed by atoms with E-state index in [9.17, 15) is 0 Å². The van der Waals surface area contributed by atoms with Crippen molar-refractivity contribution in [3.63, 3.8) is 0 Å². The number of nitrogens with one attached hydrogen (secondary N) is 1. The number of hydrazone groups is 1. The zero-order valence-electron chi connectivity index (χ0n) is 8.52. The van der Waals surface area contributed by atoms with Crippen LogP contribution in [0, 0.1) is 20.8 Å². The third kappa shape index (κ3) is 1.05. The number of anilines is 1. The maximum atomic E-state index is 4.21. The Morgan fingerprint density at radius 1 is 1.08 bits per heavy atom. The molecule has 2 nitrogen and oxygen atoms in total. The quantitative estimate of drug-likeness (QED) is 0.640. The predicted octanol–water partition coefficient (Wildman–Crippen LogP) is 2.10. The van der Waals surface area contributed by atoms with Crippen LogP contribution in [0.3, 0.4) is 0 Å². The fourth-order valence-corrected chi connectivity index (χ4v) is 1.84. The Labute approximate surface area is 78.7 Å². The summed E-state index contributed by atoms with van der Waals surface area (Å²) in [7, 11) is 0. The highest BCUT2D eigenvalue weighted by Gasteiger charge is 2.26. The monoisotopic (exact) mass is 174 g/mol. The Kier molecular flexibility index (Phi) is 1.65. The molecule has 2 heteroatoms. The molecule has 1 radical (unpaired) electrons. The average molecular weight is 174 g/mol. The summed E-state index contributed by atoms with van der Waals surface area (Å²) in [6.07, 6.45) is 0. The van der Waals surface area contributed by atoms with Gasteiger partial charge in [0.2, 0.25) is 0 Å². The summed E-state index contributed by atoms with van der Waals surface area (Å²) in [6, 6.07) is 2.16. The highest BCUT2D eigenvalue weighted by atomic mass is 15.3. The lowest BCUT2D eigenvalue weighted by molar-refractivity contribution is 1.22. The minimum atomic E-state index is 1.09. The first-order chi connectivity index (χ1) is 6.11. The molecule has 1 heterocycles. The number of hydrogen-bond donors (Lipinski definition) is 1. The predicted molar refractivity (Wildman–Crippen MR) is 56.2 cm³/mol. The molecular weight excluding hydrogens is 160 g/mol. The molecule has 0 unspecified atom stereocenters. The molecular formula is C11H14N2+. The summed E-state index contributed by atoms with van der Waals surface area (Å²) in [6.45, 7) is 8.50. The van der Waals surface area contributed by atoms with Gasteiger partial charge in [0, 0.05) is 6.92 Å². The Morgan fingerprint density at radius 2 is 1.77 bits per heavy atom. The SMILES string of the molecule is CC1=[N+]Nc2cc(C)c(C)c(C)c21. The molecule has 2 rings (SSSR count). The van der Waals surface area contributed by atoms with Crippen LogP contribution >= 0.6 is 0 Å². The van der Waals surface area contributed by atoms with Crippen LogP contribution in [0.5, 0.6) is 0 Å². The Balaban J connectivity index is 2.74. The van der Waals surface area contributed by atoms with E-state index in [-0.39, 0.29) is 0 Å². The van der Waals surface area contributed by atoms with Gasteiger partial charge < -0.3 is 0 Å². The third-order valence-electron chi connectivity index (χ3n) is 2.87. The first-order valence-electron chi connectivity index (χ1n) is 4.52. The molecule has 0 saturated carbocycles. The van der Waals surface area contributed by atoms with Crippen LogP contribution in [0.1, 0.15) is 29.2 Å². The maximum Gasteiger partial charge on any atom is 0.293 e. The molecule has 1 aromatic rings. The summed E-state index contributed by atoms with van der Waals surface area (Å²) < 4.78 is 0. The second kappa shape index (κ2) is 2.59. The molecule has 1 N–H and O–H groups in total. The van der Waals surface area contributed by atoms with Gasteiger partial charge in [-0.05, 0) is 43.5 Å². The van der Waals surface area contributed by atoms with Crippen LogP contribution in [0.15, 0.2) is 6.07 Å². The molecule has 0 aliphatic carbocycles. The highest BCUT2D eigenvalue weighted by molar-refractivity contribution is 6.07. The van der Waals surface area contributed by atoms with Crippen molar-refractivity contribution >= 4 is 11.4 Å². The summed E-state index contributed by atoms with van der Waals surface area (Å²) in [4.78, 5) is 0. The largest absolute Gasteiger partial charge is 0.293 e. The van der Waals surface area contributed by atoms with E-state index in [1.54, 1.807) is 0 Å². The minimum absolute atomic E-state index is 1.09. The number of aryl methyl sites for hydroxylation is 1. The van der Waals surface area contributed by atoms with Gasteiger partial charge in [0.25, 0.3) is 5.71 Å². The van der Waals surface area contributed by atoms with E-state index < -0.39 is 0 Å². The molecule has 0 atom stereocenters. The Bertz CT molecular complexity index is 403. The van der Waals surface area contributed by atoms with Gasteiger partial charge >= 0.3 is 0 Å². The van der Waals surface area contributed by atoms with Crippen molar-refractivity contribution in [3.8, 4) is 0 Å². The van der Waals surface area contributed by atoms with Gasteiger partial charge in [-0.25, -0.2) is 0 Å². The van der Waals surface area contributed by atoms with Crippen molar-refractivity contribution in [2.75, 3.05) is 5.43 Å². The van der Waals surface area contributed by atoms with E-state index in [1.807, 2.05) is 6.92 Å². The van der Waals surface area contributed by atoms with Crippen LogP contribution in [0.4, 0.5) is 5.69 Å². The second-order valence-electron chi connectivity index (χ2n) is 3.68. The molecule has 67 valence electrons. The summed E-state index contributed by atoms with van der Waals surface area (Å²) in [5.74, 6) is 0. The molecule has 1 aliphatic heterocycles. The molecule has 0 amide bonds. The number of fused-ring (bicyclic) bond motifs is 1. The van der Waals surface area contributed by atoms with Gasteiger partial charge in [0.05, 0.1) is 5.56 Å². The van der Waals surface area contributed by atoms with Crippen molar-refractivity contribution in [2.24, 2.45) is 0 Å². The average Bonchev–Trinajstić information content (AvgIpc) is 2.43. The molecule has 0 fully saturated rings. The van der Waals surface area contributed by atoms with Gasteiger partial charge in [0.1, 0.15) is 5.69 Å². The van der Waals surface area contributed by atoms with Crippen molar-refractivity contribution in [1.29, 1.82) is 0 Å². The first kappa shape index (κ1) is 8.30. The van der Waals surface area contributed by atoms with Crippen molar-refractivity contribution in [2.45, 2.75) is 27.7 Å². The smallest absolute Gasteiger partial charge is 0.0998 e. The fourth-order valence-electron chi connectivity index (χ4n) is 1.84. The minimum Gasteiger partial charge on any atom is -0.0998 e. The number of benzene rings is 1. The molecule has 0 saturated heterocycles. The van der Waals surface area contributed by atoms with E-state index in [0.717, 1.165) is 11.4 Å². The number of nitrogens with zero attached hydrogens (tertiary/aromatic N) is 1. The van der Waals surface area contributed by atoms with Crippen LogP contribution in [0.25, 0.3) is 0 Å². The maximum absolute atomic E-state index is 4.21. The van der Waals surface area contributed by atoms with E-state index in [0.29, 0.717) is 0 Å². The number of rotatable bonds is 0. The van der Waals surface area contributed by atoms with Crippen molar-refractivity contribution in [3.05, 3.63) is 28.3 Å². The van der Waals surface area contributed by atoms with Crippen LogP contribution < -0.4 is 10.5 Å². The van der Waals surface area contributed by atoms with Crippen LogP contribution in [-0.4, -0.2) is 5.71 Å². The summed E-state index contributed by atoms with van der Waals surface area (Å²) in [5.41, 5.74) is 10.6. The highest BCUT2D eigenvalue weighted by Crippen LogP contribution is 2.27. The lowest BCUT2D eigenvalue weighted by atomic mass is 9.95. The van der Waals surface area contributed by atoms with Gasteiger partial charge in [-0.1, -0.05) is 5.43 Å². The van der Waals surface area contributed by atoms with Crippen molar-refractivity contribution < 1.29 is 0 Å². The topological polar surface area (TPSA) is 26.1 Å². The number of hydrogen-bond acceptors (Lipinski definition) is 2. The molecule has 1 aromatic carbocycles. The fraction of sp³-hybridized carbons (Fsp3) is 0.364. The van der Waals surface area contributed by atoms with Crippen LogP contribution in [-0.2, 0) is 0 Å². The normalized spacial score (nSPS) is 13.7. The molecule has 0 aromatic heterocycles. The van der Waals surface area contributed by atoms with E-state index in [1.165, 1.54) is 22.3 Å². The lowest BCUT2D eigenvalue weighted by Gasteiger charge is -2.07. The summed E-state index contributed by atoms with van der Waals surface area (Å²) in [5, 5.41) is 4.21. The lowest BCUT2D eigenvalue weighted by Crippen LogP contribution is -2.00. The van der Waals surface area contributed by atoms with Gasteiger partial charge in [-0.2, -0.15) is 0 Å². The van der Waals surface area contributed by atoms with Gasteiger partial charge in [0.15, 0.2) is 5.10 Å². The zero-order chi connectivity index (χ0) is 9.59.